The number of hydrogen-bond donors (Lipinski definition) is 2. The van der Waals surface area contributed by atoms with Crippen molar-refractivity contribution in [2.75, 3.05) is 30.5 Å². The van der Waals surface area contributed by atoms with E-state index in [0.717, 1.165) is 13.1 Å². The van der Waals surface area contributed by atoms with Crippen LogP contribution in [0.4, 0.5) is 11.6 Å². The highest BCUT2D eigenvalue weighted by Crippen LogP contribution is 2.31. The maximum absolute atomic E-state index is 11.7. The molecule has 1 aliphatic heterocycles. The van der Waals surface area contributed by atoms with Crippen molar-refractivity contribution in [3.05, 3.63) is 0 Å². The zero-order valence-corrected chi connectivity index (χ0v) is 10.4. The number of anilines is 2. The minimum Gasteiger partial charge on any atom is -0.371 e. The summed E-state index contributed by atoms with van der Waals surface area (Å²) in [7, 11) is -1.60. The largest absolute Gasteiger partial charge is 0.371 e. The Morgan fingerprint density at radius 2 is 2.25 bits per heavy atom. The van der Waals surface area contributed by atoms with E-state index in [9.17, 15) is 8.42 Å². The molecule has 6 nitrogen and oxygen atoms in total. The molecule has 7 heteroatoms. The number of nitrogens with zero attached hydrogens (tertiary/aromatic N) is 2. The van der Waals surface area contributed by atoms with Crippen LogP contribution >= 0.6 is 0 Å². The fraction of sp³-hybridized carbons (Fsp3) is 0.667. The van der Waals surface area contributed by atoms with Gasteiger partial charge in [0.05, 0.1) is 0 Å². The number of hydrogen-bond acceptors (Lipinski definition) is 5. The van der Waals surface area contributed by atoms with E-state index < -0.39 is 9.84 Å². The SMILES string of the molecule is CNc1nn2c(c1S(C)(=O)=O)NCC(C)C2. The van der Waals surface area contributed by atoms with Crippen LogP contribution in [0.25, 0.3) is 0 Å². The molecule has 0 saturated heterocycles. The molecule has 0 amide bonds. The molecule has 1 aromatic heterocycles. The first-order chi connectivity index (χ1) is 7.43. The van der Waals surface area contributed by atoms with Crippen LogP contribution in [0, 0.1) is 5.92 Å². The van der Waals surface area contributed by atoms with E-state index in [0.29, 0.717) is 17.6 Å². The quantitative estimate of drug-likeness (QED) is 0.787. The lowest BCUT2D eigenvalue weighted by Gasteiger charge is -2.21. The van der Waals surface area contributed by atoms with Crippen molar-refractivity contribution in [1.82, 2.24) is 9.78 Å². The van der Waals surface area contributed by atoms with E-state index in [1.54, 1.807) is 11.7 Å². The molecule has 1 atom stereocenters. The lowest BCUT2D eigenvalue weighted by Crippen LogP contribution is -2.26. The van der Waals surface area contributed by atoms with E-state index in [-0.39, 0.29) is 4.90 Å². The van der Waals surface area contributed by atoms with E-state index in [2.05, 4.69) is 22.7 Å². The van der Waals surface area contributed by atoms with Gasteiger partial charge in [-0.1, -0.05) is 6.92 Å². The Hall–Kier alpha value is -1.24. The Labute approximate surface area is 94.9 Å². The Balaban J connectivity index is 2.60. The Bertz CT molecular complexity index is 506. The molecule has 0 aromatic carbocycles. The molecule has 0 fully saturated rings. The molecule has 16 heavy (non-hydrogen) atoms. The van der Waals surface area contributed by atoms with Gasteiger partial charge in [0.25, 0.3) is 0 Å². The van der Waals surface area contributed by atoms with Crippen LogP contribution in [0.1, 0.15) is 6.92 Å². The zero-order chi connectivity index (χ0) is 11.9. The molecule has 0 bridgehead atoms. The maximum Gasteiger partial charge on any atom is 0.182 e. The van der Waals surface area contributed by atoms with Crippen LogP contribution < -0.4 is 10.6 Å². The molecule has 0 spiro atoms. The molecular weight excluding hydrogens is 228 g/mol. The minimum atomic E-state index is -3.27. The van der Waals surface area contributed by atoms with Crippen LogP contribution in [0.2, 0.25) is 0 Å². The van der Waals surface area contributed by atoms with Crippen LogP contribution in [0.5, 0.6) is 0 Å². The predicted molar refractivity (Wildman–Crippen MR) is 62.5 cm³/mol. The molecule has 1 unspecified atom stereocenters. The average Bonchev–Trinajstić information content (AvgIpc) is 2.54. The van der Waals surface area contributed by atoms with Crippen LogP contribution in [-0.4, -0.2) is 38.0 Å². The highest BCUT2D eigenvalue weighted by atomic mass is 32.2. The van der Waals surface area contributed by atoms with Gasteiger partial charge in [0.2, 0.25) is 0 Å². The molecule has 1 aliphatic rings. The number of fused-ring (bicyclic) bond motifs is 1. The highest BCUT2D eigenvalue weighted by molar-refractivity contribution is 7.91. The summed E-state index contributed by atoms with van der Waals surface area (Å²) in [6.07, 6.45) is 1.20. The molecule has 90 valence electrons. The Morgan fingerprint density at radius 3 is 2.81 bits per heavy atom. The van der Waals surface area contributed by atoms with Gasteiger partial charge in [-0.3, -0.25) is 0 Å². The highest BCUT2D eigenvalue weighted by Gasteiger charge is 2.28. The molecule has 0 aliphatic carbocycles. The van der Waals surface area contributed by atoms with Crippen LogP contribution in [-0.2, 0) is 16.4 Å². The summed E-state index contributed by atoms with van der Waals surface area (Å²) in [5, 5.41) is 10.2. The summed E-state index contributed by atoms with van der Waals surface area (Å²) < 4.78 is 25.1. The van der Waals surface area contributed by atoms with Crippen molar-refractivity contribution in [2.24, 2.45) is 5.92 Å². The number of sulfone groups is 1. The van der Waals surface area contributed by atoms with Gasteiger partial charge in [0, 0.05) is 26.4 Å². The van der Waals surface area contributed by atoms with Gasteiger partial charge >= 0.3 is 0 Å². The standard InChI is InChI=1S/C9H16N4O2S/c1-6-4-11-9-7(16(3,14)15)8(10-2)12-13(9)5-6/h6,11H,4-5H2,1-3H3,(H,10,12). The molecule has 2 heterocycles. The van der Waals surface area contributed by atoms with Gasteiger partial charge in [0.1, 0.15) is 5.82 Å². The van der Waals surface area contributed by atoms with E-state index in [1.807, 2.05) is 0 Å². The average molecular weight is 244 g/mol. The monoisotopic (exact) mass is 244 g/mol. The smallest absolute Gasteiger partial charge is 0.182 e. The Kier molecular flexibility index (Phi) is 2.57. The fourth-order valence-corrected chi connectivity index (χ4v) is 2.92. The maximum atomic E-state index is 11.7. The second-order valence-corrected chi connectivity index (χ2v) is 6.17. The van der Waals surface area contributed by atoms with Crippen molar-refractivity contribution < 1.29 is 8.42 Å². The minimum absolute atomic E-state index is 0.266. The topological polar surface area (TPSA) is 76.0 Å². The number of aromatic nitrogens is 2. The Morgan fingerprint density at radius 1 is 1.56 bits per heavy atom. The first-order valence-electron chi connectivity index (χ1n) is 5.16. The van der Waals surface area contributed by atoms with Gasteiger partial charge in [-0.15, -0.1) is 0 Å². The molecule has 2 rings (SSSR count). The third-order valence-corrected chi connectivity index (χ3v) is 3.75. The van der Waals surface area contributed by atoms with E-state index in [4.69, 9.17) is 0 Å². The molecular formula is C9H16N4O2S. The van der Waals surface area contributed by atoms with Gasteiger partial charge in [-0.05, 0) is 5.92 Å². The summed E-state index contributed by atoms with van der Waals surface area (Å²) in [6, 6.07) is 0. The summed E-state index contributed by atoms with van der Waals surface area (Å²) >= 11 is 0. The van der Waals surface area contributed by atoms with Crippen molar-refractivity contribution in [3.63, 3.8) is 0 Å². The van der Waals surface area contributed by atoms with Crippen molar-refractivity contribution in [1.29, 1.82) is 0 Å². The van der Waals surface area contributed by atoms with Gasteiger partial charge in [-0.2, -0.15) is 5.10 Å². The van der Waals surface area contributed by atoms with Gasteiger partial charge < -0.3 is 10.6 Å². The third-order valence-electron chi connectivity index (χ3n) is 2.62. The first-order valence-corrected chi connectivity index (χ1v) is 7.05. The zero-order valence-electron chi connectivity index (χ0n) is 9.61. The molecule has 1 aromatic rings. The fourth-order valence-electron chi connectivity index (χ4n) is 1.89. The lowest BCUT2D eigenvalue weighted by atomic mass is 10.1. The lowest BCUT2D eigenvalue weighted by molar-refractivity contribution is 0.444. The molecule has 0 radical (unpaired) electrons. The number of nitrogens with one attached hydrogen (secondary N) is 2. The number of rotatable bonds is 2. The molecule has 0 saturated carbocycles. The predicted octanol–water partition coefficient (Wildman–Crippen LogP) is 0.390. The normalized spacial score (nSPS) is 20.1. The first kappa shape index (κ1) is 11.3. The van der Waals surface area contributed by atoms with Crippen LogP contribution in [0.15, 0.2) is 4.90 Å². The van der Waals surface area contributed by atoms with E-state index >= 15 is 0 Å². The van der Waals surface area contributed by atoms with Gasteiger partial charge in [-0.25, -0.2) is 13.1 Å². The summed E-state index contributed by atoms with van der Waals surface area (Å²) in [5.74, 6) is 1.47. The van der Waals surface area contributed by atoms with Crippen molar-refractivity contribution in [2.45, 2.75) is 18.4 Å². The van der Waals surface area contributed by atoms with Crippen molar-refractivity contribution >= 4 is 21.5 Å². The van der Waals surface area contributed by atoms with Gasteiger partial charge in [0.15, 0.2) is 20.6 Å². The van der Waals surface area contributed by atoms with E-state index in [1.165, 1.54) is 6.26 Å². The summed E-state index contributed by atoms with van der Waals surface area (Å²) in [5.41, 5.74) is 0. The molecule has 2 N–H and O–H groups in total. The van der Waals surface area contributed by atoms with Crippen molar-refractivity contribution in [3.8, 4) is 0 Å². The second-order valence-electron chi connectivity index (χ2n) is 4.22. The summed E-state index contributed by atoms with van der Waals surface area (Å²) in [6.45, 7) is 3.61. The summed E-state index contributed by atoms with van der Waals surface area (Å²) in [4.78, 5) is 0.266. The third kappa shape index (κ3) is 1.75. The van der Waals surface area contributed by atoms with Crippen LogP contribution in [0.3, 0.4) is 0 Å². The second kappa shape index (κ2) is 3.65.